The number of halogens is 1. The molecule has 0 radical (unpaired) electrons. The summed E-state index contributed by atoms with van der Waals surface area (Å²) in [6.45, 7) is 5.54. The summed E-state index contributed by atoms with van der Waals surface area (Å²) in [5, 5.41) is 4.57. The molecule has 0 amide bonds. The van der Waals surface area contributed by atoms with E-state index < -0.39 is 0 Å². The van der Waals surface area contributed by atoms with Crippen molar-refractivity contribution >= 4 is 15.9 Å². The predicted octanol–water partition coefficient (Wildman–Crippen LogP) is 2.27. The number of hydrogen-bond acceptors (Lipinski definition) is 3. The van der Waals surface area contributed by atoms with Gasteiger partial charge in [0.2, 0.25) is 0 Å². The molecular weight excluding hydrogens is 304 g/mol. The molecule has 1 aliphatic heterocycles. The third-order valence-electron chi connectivity index (χ3n) is 4.21. The molecule has 0 aliphatic carbocycles. The minimum Gasteiger partial charge on any atom is -0.306 e. The summed E-state index contributed by atoms with van der Waals surface area (Å²) in [6, 6.07) is 0.697. The van der Waals surface area contributed by atoms with Crippen LogP contribution in [-0.4, -0.2) is 52.8 Å². The molecule has 2 rings (SSSR count). The van der Waals surface area contributed by atoms with Gasteiger partial charge < -0.3 is 4.90 Å². The van der Waals surface area contributed by atoms with Gasteiger partial charge in [-0.1, -0.05) is 6.92 Å². The smallest absolute Gasteiger partial charge is 0.0767 e. The summed E-state index contributed by atoms with van der Waals surface area (Å²) in [5.41, 5.74) is 2.45. The lowest BCUT2D eigenvalue weighted by atomic mass is 10.0. The summed E-state index contributed by atoms with van der Waals surface area (Å²) in [7, 11) is 6.49. The minimum atomic E-state index is 0.697. The number of hydrogen-bond donors (Lipinski definition) is 0. The first-order chi connectivity index (χ1) is 9.02. The molecule has 1 aliphatic rings. The number of rotatable bonds is 4. The van der Waals surface area contributed by atoms with Gasteiger partial charge in [-0.25, -0.2) is 0 Å². The van der Waals surface area contributed by atoms with Crippen molar-refractivity contribution in [1.82, 2.24) is 19.6 Å². The molecule has 0 atom stereocenters. The van der Waals surface area contributed by atoms with Crippen LogP contribution < -0.4 is 0 Å². The van der Waals surface area contributed by atoms with E-state index >= 15 is 0 Å². The molecule has 0 bridgehead atoms. The first-order valence-electron chi connectivity index (χ1n) is 7.12. The van der Waals surface area contributed by atoms with Crippen LogP contribution in [0.4, 0.5) is 0 Å². The number of nitrogens with zero attached hydrogens (tertiary/aromatic N) is 4. The Kier molecular flexibility index (Phi) is 5.03. The number of aryl methyl sites for hydroxylation is 2. The molecule has 0 saturated carbocycles. The van der Waals surface area contributed by atoms with Crippen LogP contribution in [0.25, 0.3) is 0 Å². The highest BCUT2D eigenvalue weighted by atomic mass is 79.9. The zero-order chi connectivity index (χ0) is 14.0. The quantitative estimate of drug-likeness (QED) is 0.847. The van der Waals surface area contributed by atoms with Crippen LogP contribution in [0, 0.1) is 0 Å². The van der Waals surface area contributed by atoms with E-state index in [4.69, 9.17) is 0 Å². The monoisotopic (exact) mass is 328 g/mol. The summed E-state index contributed by atoms with van der Waals surface area (Å²) in [6.07, 6.45) is 3.51. The van der Waals surface area contributed by atoms with Crippen molar-refractivity contribution in [2.24, 2.45) is 7.05 Å². The molecule has 5 heteroatoms. The zero-order valence-electron chi connectivity index (χ0n) is 12.5. The maximum Gasteiger partial charge on any atom is 0.0767 e. The van der Waals surface area contributed by atoms with Crippen molar-refractivity contribution in [2.75, 3.05) is 27.2 Å². The highest BCUT2D eigenvalue weighted by Crippen LogP contribution is 2.24. The van der Waals surface area contributed by atoms with Crippen LogP contribution in [0.2, 0.25) is 0 Å². The van der Waals surface area contributed by atoms with Crippen LogP contribution >= 0.6 is 15.9 Å². The molecular formula is C14H25BrN4. The molecule has 0 unspecified atom stereocenters. The van der Waals surface area contributed by atoms with Crippen LogP contribution in [0.5, 0.6) is 0 Å². The SMILES string of the molecule is CCc1nn(C)c(CN(C)C2CCN(C)CC2)c1Br. The summed E-state index contributed by atoms with van der Waals surface area (Å²) in [4.78, 5) is 4.90. The van der Waals surface area contributed by atoms with Crippen molar-refractivity contribution in [3.05, 3.63) is 15.9 Å². The van der Waals surface area contributed by atoms with Crippen LogP contribution in [-0.2, 0) is 20.0 Å². The second-order valence-corrected chi connectivity index (χ2v) is 6.43. The fourth-order valence-electron chi connectivity index (χ4n) is 2.79. The van der Waals surface area contributed by atoms with Gasteiger partial charge in [0.05, 0.1) is 15.9 Å². The highest BCUT2D eigenvalue weighted by molar-refractivity contribution is 9.10. The van der Waals surface area contributed by atoms with Gasteiger partial charge in [-0.15, -0.1) is 0 Å². The van der Waals surface area contributed by atoms with Crippen LogP contribution in [0.15, 0.2) is 4.47 Å². The van der Waals surface area contributed by atoms with Gasteiger partial charge in [-0.05, 0) is 62.4 Å². The van der Waals surface area contributed by atoms with Crippen molar-refractivity contribution < 1.29 is 0 Å². The van der Waals surface area contributed by atoms with Gasteiger partial charge in [-0.2, -0.15) is 5.10 Å². The average molecular weight is 329 g/mol. The third kappa shape index (κ3) is 3.38. The standard InChI is InChI=1S/C14H25BrN4/c1-5-12-14(15)13(19(4)16-12)10-18(3)11-6-8-17(2)9-7-11/h11H,5-10H2,1-4H3. The number of likely N-dealkylation sites (tertiary alicyclic amines) is 1. The van der Waals surface area contributed by atoms with Gasteiger partial charge >= 0.3 is 0 Å². The Morgan fingerprint density at radius 1 is 1.32 bits per heavy atom. The van der Waals surface area contributed by atoms with E-state index in [0.29, 0.717) is 6.04 Å². The highest BCUT2D eigenvalue weighted by Gasteiger charge is 2.22. The molecule has 108 valence electrons. The van der Waals surface area contributed by atoms with Crippen LogP contribution in [0.1, 0.15) is 31.2 Å². The Labute approximate surface area is 124 Å². The van der Waals surface area contributed by atoms with Crippen molar-refractivity contribution in [1.29, 1.82) is 0 Å². The Bertz CT molecular complexity index is 421. The second kappa shape index (κ2) is 6.37. The van der Waals surface area contributed by atoms with Gasteiger partial charge in [0.25, 0.3) is 0 Å². The van der Waals surface area contributed by atoms with Gasteiger partial charge in [0, 0.05) is 19.6 Å². The number of piperidine rings is 1. The molecule has 1 saturated heterocycles. The molecule has 0 aromatic carbocycles. The lowest BCUT2D eigenvalue weighted by Crippen LogP contribution is -2.41. The van der Waals surface area contributed by atoms with Crippen molar-refractivity contribution in [3.8, 4) is 0 Å². The lowest BCUT2D eigenvalue weighted by Gasteiger charge is -2.35. The molecule has 0 N–H and O–H groups in total. The fraction of sp³-hybridized carbons (Fsp3) is 0.786. The van der Waals surface area contributed by atoms with Crippen LogP contribution in [0.3, 0.4) is 0 Å². The second-order valence-electron chi connectivity index (χ2n) is 5.63. The van der Waals surface area contributed by atoms with E-state index in [1.54, 1.807) is 0 Å². The minimum absolute atomic E-state index is 0.697. The topological polar surface area (TPSA) is 24.3 Å². The molecule has 1 fully saturated rings. The summed E-state index contributed by atoms with van der Waals surface area (Å²) >= 11 is 3.71. The van der Waals surface area contributed by atoms with E-state index in [9.17, 15) is 0 Å². The van der Waals surface area contributed by atoms with E-state index in [1.807, 2.05) is 11.7 Å². The summed E-state index contributed by atoms with van der Waals surface area (Å²) in [5.74, 6) is 0. The first kappa shape index (κ1) is 15.0. The van der Waals surface area contributed by atoms with E-state index in [1.165, 1.54) is 36.1 Å². The molecule has 19 heavy (non-hydrogen) atoms. The summed E-state index contributed by atoms with van der Waals surface area (Å²) < 4.78 is 3.21. The molecule has 1 aromatic heterocycles. The Morgan fingerprint density at radius 3 is 2.47 bits per heavy atom. The largest absolute Gasteiger partial charge is 0.306 e. The normalized spacial score (nSPS) is 18.4. The zero-order valence-corrected chi connectivity index (χ0v) is 14.1. The van der Waals surface area contributed by atoms with E-state index in [-0.39, 0.29) is 0 Å². The van der Waals surface area contributed by atoms with Gasteiger partial charge in [0.15, 0.2) is 0 Å². The van der Waals surface area contributed by atoms with E-state index in [0.717, 1.165) is 18.7 Å². The van der Waals surface area contributed by atoms with Gasteiger partial charge in [-0.3, -0.25) is 9.58 Å². The molecule has 0 spiro atoms. The maximum atomic E-state index is 4.57. The number of aromatic nitrogens is 2. The maximum absolute atomic E-state index is 4.57. The Morgan fingerprint density at radius 2 is 1.95 bits per heavy atom. The lowest BCUT2D eigenvalue weighted by molar-refractivity contribution is 0.137. The molecule has 1 aromatic rings. The first-order valence-corrected chi connectivity index (χ1v) is 7.91. The van der Waals surface area contributed by atoms with E-state index in [2.05, 4.69) is 51.8 Å². The predicted molar refractivity (Wildman–Crippen MR) is 82.3 cm³/mol. The molecule has 2 heterocycles. The Balaban J connectivity index is 2.02. The van der Waals surface area contributed by atoms with Crippen molar-refractivity contribution in [3.63, 3.8) is 0 Å². The fourth-order valence-corrected chi connectivity index (χ4v) is 3.53. The van der Waals surface area contributed by atoms with Crippen molar-refractivity contribution in [2.45, 2.75) is 38.8 Å². The van der Waals surface area contributed by atoms with Gasteiger partial charge in [0.1, 0.15) is 0 Å². The molecule has 4 nitrogen and oxygen atoms in total. The average Bonchev–Trinajstić information content (AvgIpc) is 2.67. The Hall–Kier alpha value is -0.390. The third-order valence-corrected chi connectivity index (χ3v) is 5.13.